The van der Waals surface area contributed by atoms with Crippen LogP contribution in [-0.4, -0.2) is 43.0 Å². The lowest BCUT2D eigenvalue weighted by Crippen LogP contribution is -2.31. The predicted octanol–water partition coefficient (Wildman–Crippen LogP) is 0.159. The van der Waals surface area contributed by atoms with Crippen molar-refractivity contribution in [3.05, 3.63) is 0 Å². The Bertz CT molecular complexity index is 338. The highest BCUT2D eigenvalue weighted by Gasteiger charge is 2.39. The average molecular weight is 260 g/mol. The minimum Gasteiger partial charge on any atom is -0.463 e. The molecule has 0 aliphatic carbocycles. The Morgan fingerprint density at radius 2 is 1.67 bits per heavy atom. The molecule has 0 N–H and O–H groups in total. The molecule has 0 radical (unpaired) electrons. The lowest BCUT2D eigenvalue weighted by molar-refractivity contribution is -0.179. The molecule has 1 rings (SSSR count). The van der Waals surface area contributed by atoms with Crippen LogP contribution in [0.1, 0.15) is 27.2 Å². The molecular weight excluding hydrogens is 244 g/mol. The summed E-state index contributed by atoms with van der Waals surface area (Å²) in [6, 6.07) is 0. The van der Waals surface area contributed by atoms with E-state index in [1.807, 2.05) is 0 Å². The lowest BCUT2D eigenvalue weighted by atomic mass is 10.2. The minimum absolute atomic E-state index is 0.0506. The molecule has 1 aliphatic rings. The van der Waals surface area contributed by atoms with Crippen molar-refractivity contribution < 1.29 is 33.3 Å². The summed E-state index contributed by atoms with van der Waals surface area (Å²) in [5.74, 6) is -1.43. The second kappa shape index (κ2) is 6.34. The molecule has 0 unspecified atom stereocenters. The van der Waals surface area contributed by atoms with Gasteiger partial charge in [-0.3, -0.25) is 14.4 Å². The van der Waals surface area contributed by atoms with Crippen LogP contribution >= 0.6 is 0 Å². The van der Waals surface area contributed by atoms with Crippen molar-refractivity contribution in [3.8, 4) is 0 Å². The van der Waals surface area contributed by atoms with Gasteiger partial charge in [-0.25, -0.2) is 0 Å². The average Bonchev–Trinajstić information content (AvgIpc) is 2.55. The van der Waals surface area contributed by atoms with Gasteiger partial charge in [0.1, 0.15) is 18.8 Å². The molecule has 0 amide bonds. The van der Waals surface area contributed by atoms with Crippen LogP contribution < -0.4 is 0 Å². The summed E-state index contributed by atoms with van der Waals surface area (Å²) in [5, 5.41) is 0. The first kappa shape index (κ1) is 14.4. The Morgan fingerprint density at radius 1 is 1.06 bits per heavy atom. The zero-order valence-electron chi connectivity index (χ0n) is 10.5. The molecule has 7 nitrogen and oxygen atoms in total. The Hall–Kier alpha value is -1.63. The van der Waals surface area contributed by atoms with Crippen LogP contribution in [0.25, 0.3) is 0 Å². The second-order valence-corrected chi connectivity index (χ2v) is 3.90. The van der Waals surface area contributed by atoms with Gasteiger partial charge in [-0.2, -0.15) is 0 Å². The maximum atomic E-state index is 10.9. The van der Waals surface area contributed by atoms with Crippen molar-refractivity contribution in [2.75, 3.05) is 6.61 Å². The highest BCUT2D eigenvalue weighted by Crippen LogP contribution is 2.24. The summed E-state index contributed by atoms with van der Waals surface area (Å²) in [4.78, 5) is 32.4. The number of esters is 3. The van der Waals surface area contributed by atoms with Crippen LogP contribution in [0.4, 0.5) is 0 Å². The van der Waals surface area contributed by atoms with Gasteiger partial charge < -0.3 is 18.9 Å². The van der Waals surface area contributed by atoms with E-state index < -0.39 is 36.4 Å². The molecule has 102 valence electrons. The third-order valence-corrected chi connectivity index (χ3v) is 2.23. The van der Waals surface area contributed by atoms with Gasteiger partial charge in [0.25, 0.3) is 0 Å². The summed E-state index contributed by atoms with van der Waals surface area (Å²) in [6.07, 6.45) is -1.77. The van der Waals surface area contributed by atoms with E-state index >= 15 is 0 Å². The van der Waals surface area contributed by atoms with Gasteiger partial charge in [0.05, 0.1) is 6.42 Å². The molecule has 1 heterocycles. The number of rotatable bonds is 4. The first-order valence-corrected chi connectivity index (χ1v) is 5.51. The molecule has 0 spiro atoms. The van der Waals surface area contributed by atoms with Crippen molar-refractivity contribution in [1.82, 2.24) is 0 Å². The molecule has 0 saturated carbocycles. The first-order chi connectivity index (χ1) is 8.38. The maximum absolute atomic E-state index is 10.9. The Kier molecular flexibility index (Phi) is 5.08. The van der Waals surface area contributed by atoms with Gasteiger partial charge in [0.15, 0.2) is 0 Å². The fourth-order valence-corrected chi connectivity index (χ4v) is 1.62. The van der Waals surface area contributed by atoms with E-state index in [0.29, 0.717) is 0 Å². The van der Waals surface area contributed by atoms with E-state index in [1.54, 1.807) is 0 Å². The number of hydrogen-bond donors (Lipinski definition) is 0. The van der Waals surface area contributed by atoms with E-state index in [4.69, 9.17) is 18.9 Å². The van der Waals surface area contributed by atoms with Gasteiger partial charge in [-0.05, 0) is 0 Å². The molecule has 0 aromatic carbocycles. The Morgan fingerprint density at radius 3 is 2.17 bits per heavy atom. The molecular formula is C11H16O7. The lowest BCUT2D eigenvalue weighted by Gasteiger charge is -2.17. The smallest absolute Gasteiger partial charge is 0.304 e. The van der Waals surface area contributed by atoms with Crippen molar-refractivity contribution in [2.45, 2.75) is 45.7 Å². The summed E-state index contributed by atoms with van der Waals surface area (Å²) < 4.78 is 20.0. The molecule has 0 bridgehead atoms. The SMILES string of the molecule is CC(=O)OC[C@H]1O[C@H](OC(C)=O)C[C@@H]1OC(C)=O. The number of carbonyl (C=O) groups excluding carboxylic acids is 3. The third kappa shape index (κ3) is 4.70. The van der Waals surface area contributed by atoms with E-state index in [1.165, 1.54) is 20.8 Å². The van der Waals surface area contributed by atoms with E-state index in [2.05, 4.69) is 0 Å². The standard InChI is InChI=1S/C11H16O7/c1-6(12)15-5-10-9(16-7(2)13)4-11(18-10)17-8(3)14/h9-11H,4-5H2,1-3H3/t9-,10+,11-/m0/s1. The normalized spacial score (nSPS) is 26.5. The molecule has 3 atom stereocenters. The molecule has 18 heavy (non-hydrogen) atoms. The maximum Gasteiger partial charge on any atom is 0.304 e. The number of hydrogen-bond acceptors (Lipinski definition) is 7. The van der Waals surface area contributed by atoms with Gasteiger partial charge in [-0.15, -0.1) is 0 Å². The molecule has 0 aromatic heterocycles. The van der Waals surface area contributed by atoms with Gasteiger partial charge in [0.2, 0.25) is 6.29 Å². The largest absolute Gasteiger partial charge is 0.463 e. The highest BCUT2D eigenvalue weighted by atomic mass is 16.7. The number of carbonyl (C=O) groups is 3. The minimum atomic E-state index is -0.785. The second-order valence-electron chi connectivity index (χ2n) is 3.90. The monoisotopic (exact) mass is 260 g/mol. The van der Waals surface area contributed by atoms with Crippen LogP contribution in [0.2, 0.25) is 0 Å². The topological polar surface area (TPSA) is 88.1 Å². The van der Waals surface area contributed by atoms with E-state index in [9.17, 15) is 14.4 Å². The van der Waals surface area contributed by atoms with Crippen molar-refractivity contribution >= 4 is 17.9 Å². The quantitative estimate of drug-likeness (QED) is 0.525. The Balaban J connectivity index is 2.56. The van der Waals surface area contributed by atoms with Crippen molar-refractivity contribution in [2.24, 2.45) is 0 Å². The van der Waals surface area contributed by atoms with Crippen LogP contribution in [-0.2, 0) is 33.3 Å². The summed E-state index contributed by atoms with van der Waals surface area (Å²) in [7, 11) is 0. The van der Waals surface area contributed by atoms with Crippen LogP contribution in [0.5, 0.6) is 0 Å². The summed E-state index contributed by atoms with van der Waals surface area (Å²) >= 11 is 0. The van der Waals surface area contributed by atoms with Crippen molar-refractivity contribution in [1.29, 1.82) is 0 Å². The van der Waals surface area contributed by atoms with Gasteiger partial charge in [0, 0.05) is 20.8 Å². The van der Waals surface area contributed by atoms with E-state index in [-0.39, 0.29) is 13.0 Å². The highest BCUT2D eigenvalue weighted by molar-refractivity contribution is 5.67. The fraction of sp³-hybridized carbons (Fsp3) is 0.727. The first-order valence-electron chi connectivity index (χ1n) is 5.51. The molecule has 0 aromatic rings. The zero-order chi connectivity index (χ0) is 13.7. The molecule has 1 fully saturated rings. The van der Waals surface area contributed by atoms with E-state index in [0.717, 1.165) is 0 Å². The summed E-state index contributed by atoms with van der Waals surface area (Å²) in [6.45, 7) is 3.73. The third-order valence-electron chi connectivity index (χ3n) is 2.23. The fourth-order valence-electron chi connectivity index (χ4n) is 1.62. The van der Waals surface area contributed by atoms with Crippen LogP contribution in [0.15, 0.2) is 0 Å². The predicted molar refractivity (Wildman–Crippen MR) is 57.2 cm³/mol. The van der Waals surface area contributed by atoms with Crippen molar-refractivity contribution in [3.63, 3.8) is 0 Å². The molecule has 1 saturated heterocycles. The number of ether oxygens (including phenoxy) is 4. The summed E-state index contributed by atoms with van der Waals surface area (Å²) in [5.41, 5.74) is 0. The van der Waals surface area contributed by atoms with Crippen LogP contribution in [0.3, 0.4) is 0 Å². The molecule has 1 aliphatic heterocycles. The van der Waals surface area contributed by atoms with Gasteiger partial charge in [-0.1, -0.05) is 0 Å². The zero-order valence-corrected chi connectivity index (χ0v) is 10.5. The van der Waals surface area contributed by atoms with Gasteiger partial charge >= 0.3 is 17.9 Å². The van der Waals surface area contributed by atoms with Crippen LogP contribution in [0, 0.1) is 0 Å². The molecule has 7 heteroatoms. The Labute approximate surface area is 104 Å².